The Morgan fingerprint density at radius 2 is 1.58 bits per heavy atom. The van der Waals surface area contributed by atoms with Gasteiger partial charge in [0.05, 0.1) is 6.61 Å². The molecule has 38 heavy (non-hydrogen) atoms. The summed E-state index contributed by atoms with van der Waals surface area (Å²) in [5.41, 5.74) is 4.93. The van der Waals surface area contributed by atoms with Gasteiger partial charge in [0, 0.05) is 69.3 Å². The molecule has 2 aromatic rings. The quantitative estimate of drug-likeness (QED) is 0.519. The summed E-state index contributed by atoms with van der Waals surface area (Å²) in [5, 5.41) is 0. The molecule has 0 bridgehead atoms. The SMILES string of the molecule is CCOC(=O)c1c(S(=O)(=O)N2CCC(C(=O)N3CCN(c4cccc(C)c4C)CC3)CC2)c(C)n(C)c1C. The van der Waals surface area contributed by atoms with Gasteiger partial charge in [0.2, 0.25) is 15.9 Å². The van der Waals surface area contributed by atoms with Crippen LogP contribution in [0, 0.1) is 33.6 Å². The number of sulfonamides is 1. The van der Waals surface area contributed by atoms with Crippen molar-refractivity contribution >= 4 is 27.6 Å². The van der Waals surface area contributed by atoms with Crippen LogP contribution >= 0.6 is 0 Å². The molecule has 1 amide bonds. The van der Waals surface area contributed by atoms with E-state index in [1.807, 2.05) is 4.90 Å². The van der Waals surface area contributed by atoms with Gasteiger partial charge in [0.1, 0.15) is 10.5 Å². The van der Waals surface area contributed by atoms with Crippen molar-refractivity contribution in [1.82, 2.24) is 13.8 Å². The summed E-state index contributed by atoms with van der Waals surface area (Å²) in [7, 11) is -2.18. The number of benzene rings is 1. The maximum atomic E-state index is 13.7. The van der Waals surface area contributed by atoms with Crippen molar-refractivity contribution in [3.63, 3.8) is 0 Å². The van der Waals surface area contributed by atoms with Crippen LogP contribution in [0.5, 0.6) is 0 Å². The molecule has 0 N–H and O–H groups in total. The number of ether oxygens (including phenoxy) is 1. The van der Waals surface area contributed by atoms with Crippen molar-refractivity contribution < 1.29 is 22.7 Å². The van der Waals surface area contributed by atoms with E-state index in [4.69, 9.17) is 4.74 Å². The van der Waals surface area contributed by atoms with Gasteiger partial charge in [-0.2, -0.15) is 4.31 Å². The summed E-state index contributed by atoms with van der Waals surface area (Å²) < 4.78 is 35.7. The number of anilines is 1. The van der Waals surface area contributed by atoms with Crippen molar-refractivity contribution in [1.29, 1.82) is 0 Å². The Morgan fingerprint density at radius 3 is 2.18 bits per heavy atom. The maximum absolute atomic E-state index is 13.7. The number of piperazine rings is 1. The molecule has 0 spiro atoms. The van der Waals surface area contributed by atoms with E-state index < -0.39 is 16.0 Å². The van der Waals surface area contributed by atoms with Gasteiger partial charge in [-0.15, -0.1) is 0 Å². The first-order valence-electron chi connectivity index (χ1n) is 13.4. The highest BCUT2D eigenvalue weighted by Crippen LogP contribution is 2.32. The lowest BCUT2D eigenvalue weighted by molar-refractivity contribution is -0.137. The summed E-state index contributed by atoms with van der Waals surface area (Å²) in [6.07, 6.45) is 0.934. The molecule has 9 nitrogen and oxygen atoms in total. The number of aromatic nitrogens is 1. The van der Waals surface area contributed by atoms with Gasteiger partial charge in [-0.25, -0.2) is 13.2 Å². The smallest absolute Gasteiger partial charge is 0.341 e. The van der Waals surface area contributed by atoms with Gasteiger partial charge in [-0.05, 0) is 64.7 Å². The van der Waals surface area contributed by atoms with E-state index in [1.54, 1.807) is 32.4 Å². The molecule has 1 aromatic heterocycles. The van der Waals surface area contributed by atoms with Crippen LogP contribution in [-0.4, -0.2) is 79.9 Å². The predicted octanol–water partition coefficient (Wildman–Crippen LogP) is 3.18. The van der Waals surface area contributed by atoms with E-state index >= 15 is 0 Å². The molecule has 3 heterocycles. The molecule has 1 aromatic carbocycles. The van der Waals surface area contributed by atoms with Crippen LogP contribution in [0.3, 0.4) is 0 Å². The van der Waals surface area contributed by atoms with Crippen molar-refractivity contribution in [2.45, 2.75) is 52.4 Å². The number of esters is 1. The van der Waals surface area contributed by atoms with Crippen LogP contribution in [0.2, 0.25) is 0 Å². The molecule has 2 aliphatic rings. The molecule has 0 aliphatic carbocycles. The first kappa shape index (κ1) is 28.2. The summed E-state index contributed by atoms with van der Waals surface area (Å²) in [6, 6.07) is 6.33. The number of piperidine rings is 1. The zero-order chi connectivity index (χ0) is 27.8. The number of rotatable bonds is 6. The van der Waals surface area contributed by atoms with Gasteiger partial charge in [-0.3, -0.25) is 4.79 Å². The van der Waals surface area contributed by atoms with Crippen molar-refractivity contribution in [3.05, 3.63) is 46.3 Å². The van der Waals surface area contributed by atoms with Crippen molar-refractivity contribution in [2.24, 2.45) is 13.0 Å². The lowest BCUT2D eigenvalue weighted by Gasteiger charge is -2.39. The number of amides is 1. The third-order valence-corrected chi connectivity index (χ3v) is 10.4. The van der Waals surface area contributed by atoms with Crippen LogP contribution in [0.15, 0.2) is 23.1 Å². The Kier molecular flexibility index (Phi) is 8.23. The molecule has 0 atom stereocenters. The molecule has 208 valence electrons. The highest BCUT2D eigenvalue weighted by atomic mass is 32.2. The highest BCUT2D eigenvalue weighted by Gasteiger charge is 2.39. The van der Waals surface area contributed by atoms with Crippen LogP contribution in [0.4, 0.5) is 5.69 Å². The zero-order valence-electron chi connectivity index (χ0n) is 23.4. The van der Waals surface area contributed by atoms with Gasteiger partial charge in [0.15, 0.2) is 0 Å². The monoisotopic (exact) mass is 544 g/mol. The van der Waals surface area contributed by atoms with E-state index in [0.717, 1.165) is 13.1 Å². The van der Waals surface area contributed by atoms with E-state index in [9.17, 15) is 18.0 Å². The van der Waals surface area contributed by atoms with Crippen LogP contribution in [-0.2, 0) is 26.6 Å². The van der Waals surface area contributed by atoms with Crippen LogP contribution < -0.4 is 4.90 Å². The number of aryl methyl sites for hydroxylation is 1. The Morgan fingerprint density at radius 1 is 0.947 bits per heavy atom. The molecule has 2 saturated heterocycles. The minimum absolute atomic E-state index is 0.0169. The minimum atomic E-state index is -3.93. The van der Waals surface area contributed by atoms with Gasteiger partial charge in [-0.1, -0.05) is 12.1 Å². The first-order chi connectivity index (χ1) is 18.0. The minimum Gasteiger partial charge on any atom is -0.462 e. The lowest BCUT2D eigenvalue weighted by atomic mass is 9.96. The van der Waals surface area contributed by atoms with E-state index in [-0.39, 0.29) is 42.0 Å². The largest absolute Gasteiger partial charge is 0.462 e. The molecule has 0 saturated carbocycles. The zero-order valence-corrected chi connectivity index (χ0v) is 24.2. The van der Waals surface area contributed by atoms with Gasteiger partial charge < -0.3 is 19.1 Å². The third kappa shape index (κ3) is 5.08. The maximum Gasteiger partial charge on any atom is 0.341 e. The van der Waals surface area contributed by atoms with Gasteiger partial charge in [0.25, 0.3) is 0 Å². The molecule has 2 fully saturated rings. The molecular formula is C28H40N4O5S. The second-order valence-electron chi connectivity index (χ2n) is 10.4. The Bertz CT molecular complexity index is 1320. The number of carbonyl (C=O) groups is 2. The molecule has 0 unspecified atom stereocenters. The topological polar surface area (TPSA) is 92.2 Å². The summed E-state index contributed by atoms with van der Waals surface area (Å²) in [6.45, 7) is 12.9. The number of nitrogens with zero attached hydrogens (tertiary/aromatic N) is 4. The molecule has 10 heteroatoms. The fourth-order valence-electron chi connectivity index (χ4n) is 5.65. The van der Waals surface area contributed by atoms with E-state index in [2.05, 4.69) is 36.9 Å². The van der Waals surface area contributed by atoms with Crippen LogP contribution in [0.1, 0.15) is 52.6 Å². The average molecular weight is 545 g/mol. The first-order valence-corrected chi connectivity index (χ1v) is 14.9. The number of hydrogen-bond acceptors (Lipinski definition) is 6. The Balaban J connectivity index is 1.41. The third-order valence-electron chi connectivity index (χ3n) is 8.31. The lowest BCUT2D eigenvalue weighted by Crippen LogP contribution is -2.52. The molecular weight excluding hydrogens is 504 g/mol. The fraction of sp³-hybridized carbons (Fsp3) is 0.571. The fourth-order valence-corrected chi connectivity index (χ4v) is 7.60. The van der Waals surface area contributed by atoms with Crippen LogP contribution in [0.25, 0.3) is 0 Å². The second-order valence-corrected chi connectivity index (χ2v) is 12.2. The second kappa shape index (κ2) is 11.1. The molecule has 4 rings (SSSR count). The normalized spacial score (nSPS) is 17.6. The Labute approximate surface area is 226 Å². The highest BCUT2D eigenvalue weighted by molar-refractivity contribution is 7.89. The van der Waals surface area contributed by atoms with Crippen molar-refractivity contribution in [2.75, 3.05) is 50.8 Å². The van der Waals surface area contributed by atoms with Gasteiger partial charge >= 0.3 is 5.97 Å². The molecule has 0 radical (unpaired) electrons. The summed E-state index contributed by atoms with van der Waals surface area (Å²) >= 11 is 0. The molecule has 2 aliphatic heterocycles. The number of hydrogen-bond donors (Lipinski definition) is 0. The van der Waals surface area contributed by atoms with E-state index in [0.29, 0.717) is 37.3 Å². The summed E-state index contributed by atoms with van der Waals surface area (Å²) in [5.74, 6) is -0.712. The summed E-state index contributed by atoms with van der Waals surface area (Å²) in [4.78, 5) is 30.3. The standard InChI is InChI=1S/C28H40N4O5S/c1-7-37-28(34)25-21(4)29(6)22(5)26(25)38(35,36)32-13-11-23(12-14-32)27(33)31-17-15-30(16-18-31)24-10-8-9-19(2)20(24)3/h8-10,23H,7,11-18H2,1-6H3. The number of carbonyl (C=O) groups excluding carboxylic acids is 2. The Hall–Kier alpha value is -2.85. The average Bonchev–Trinajstić information content (AvgIpc) is 3.14. The predicted molar refractivity (Wildman–Crippen MR) is 147 cm³/mol. The van der Waals surface area contributed by atoms with E-state index in [1.165, 1.54) is 21.1 Å². The van der Waals surface area contributed by atoms with Crippen molar-refractivity contribution in [3.8, 4) is 0 Å².